The molecule has 1 aromatic heterocycles. The molecular formula is C30H36ClN5O4S. The van der Waals surface area contributed by atoms with Crippen LogP contribution in [0.3, 0.4) is 0 Å². The zero-order valence-corrected chi connectivity index (χ0v) is 25.0. The summed E-state index contributed by atoms with van der Waals surface area (Å²) in [4.78, 5) is 17.0. The van der Waals surface area contributed by atoms with E-state index in [1.165, 1.54) is 10.6 Å². The highest BCUT2D eigenvalue weighted by molar-refractivity contribution is 7.88. The van der Waals surface area contributed by atoms with Gasteiger partial charge in [0.2, 0.25) is 15.9 Å². The number of piperidine rings is 1. The van der Waals surface area contributed by atoms with Gasteiger partial charge in [0, 0.05) is 72.7 Å². The van der Waals surface area contributed by atoms with E-state index < -0.39 is 16.1 Å². The summed E-state index contributed by atoms with van der Waals surface area (Å²) in [6.07, 6.45) is 3.34. The largest absolute Gasteiger partial charge is 0.390 e. The lowest BCUT2D eigenvalue weighted by atomic mass is 10.0. The fraction of sp³-hybridized carbons (Fsp3) is 0.467. The van der Waals surface area contributed by atoms with Crippen LogP contribution in [0.1, 0.15) is 35.2 Å². The third kappa shape index (κ3) is 5.68. The van der Waals surface area contributed by atoms with Crippen LogP contribution in [0.5, 0.6) is 0 Å². The molecule has 4 heterocycles. The first-order valence-electron chi connectivity index (χ1n) is 14.2. The maximum Gasteiger partial charge on any atom is 0.231 e. The first-order valence-corrected chi connectivity index (χ1v) is 16.4. The molecule has 0 spiro atoms. The second-order valence-electron chi connectivity index (χ2n) is 11.5. The van der Waals surface area contributed by atoms with Crippen molar-refractivity contribution >= 4 is 33.2 Å². The smallest absolute Gasteiger partial charge is 0.231 e. The molecule has 1 saturated heterocycles. The Morgan fingerprint density at radius 2 is 1.85 bits per heavy atom. The zero-order valence-electron chi connectivity index (χ0n) is 23.5. The predicted molar refractivity (Wildman–Crippen MR) is 159 cm³/mol. The van der Waals surface area contributed by atoms with E-state index in [1.54, 1.807) is 0 Å². The standard InChI is InChI=1S/C30H36ClN5O4S/c1-20-15-22(7-8-26(20)31)30-25-19-34(41(2,39)40)14-11-28(25)35(32-30)18-24(37)17-33-12-9-23(10-13-33)36-27-6-4-3-5-21(27)16-29(36)38/h3-8,15,23-24,37H,9-14,16-19H2,1-2H3. The number of β-amino-alcohol motifs (C(OH)–C–C–N with tert-alkyl or cyclic N) is 1. The van der Waals surface area contributed by atoms with Crippen molar-refractivity contribution in [3.8, 4) is 11.3 Å². The Kier molecular flexibility index (Phi) is 7.71. The molecule has 0 bridgehead atoms. The van der Waals surface area contributed by atoms with Crippen LogP contribution >= 0.6 is 11.6 Å². The molecule has 0 aliphatic carbocycles. The Bertz CT molecular complexity index is 1580. The Balaban J connectivity index is 1.15. The molecule has 1 unspecified atom stereocenters. The summed E-state index contributed by atoms with van der Waals surface area (Å²) in [7, 11) is -3.35. The molecule has 3 aromatic rings. The summed E-state index contributed by atoms with van der Waals surface area (Å²) in [6.45, 7) is 5.03. The summed E-state index contributed by atoms with van der Waals surface area (Å²) in [6, 6.07) is 13.9. The van der Waals surface area contributed by atoms with Gasteiger partial charge in [-0.15, -0.1) is 0 Å². The summed E-state index contributed by atoms with van der Waals surface area (Å²) < 4.78 is 28.0. The number of amides is 1. The number of aliphatic hydroxyl groups is 1. The molecule has 1 N–H and O–H groups in total. The minimum Gasteiger partial charge on any atom is -0.390 e. The summed E-state index contributed by atoms with van der Waals surface area (Å²) in [5.74, 6) is 0.175. The lowest BCUT2D eigenvalue weighted by Gasteiger charge is -2.37. The highest BCUT2D eigenvalue weighted by Gasteiger charge is 2.35. The van der Waals surface area contributed by atoms with Gasteiger partial charge in [0.15, 0.2) is 0 Å². The molecule has 2 aromatic carbocycles. The maximum atomic E-state index is 12.7. The van der Waals surface area contributed by atoms with E-state index in [0.29, 0.717) is 37.5 Å². The third-order valence-corrected chi connectivity index (χ3v) is 10.3. The number of fused-ring (bicyclic) bond motifs is 2. The van der Waals surface area contributed by atoms with Crippen LogP contribution in [0.2, 0.25) is 5.02 Å². The second kappa shape index (κ2) is 11.1. The van der Waals surface area contributed by atoms with E-state index in [4.69, 9.17) is 16.7 Å². The number of aromatic nitrogens is 2. The van der Waals surface area contributed by atoms with Gasteiger partial charge in [-0.2, -0.15) is 9.40 Å². The second-order valence-corrected chi connectivity index (χ2v) is 13.9. The first kappa shape index (κ1) is 28.4. The van der Waals surface area contributed by atoms with Crippen molar-refractivity contribution in [3.05, 3.63) is 69.9 Å². The monoisotopic (exact) mass is 597 g/mol. The average Bonchev–Trinajstić information content (AvgIpc) is 3.46. The van der Waals surface area contributed by atoms with E-state index in [9.17, 15) is 18.3 Å². The number of para-hydroxylation sites is 1. The van der Waals surface area contributed by atoms with E-state index in [2.05, 4.69) is 4.90 Å². The van der Waals surface area contributed by atoms with E-state index in [0.717, 1.165) is 65.3 Å². The van der Waals surface area contributed by atoms with Crippen LogP contribution in [-0.4, -0.2) is 83.0 Å². The molecule has 41 heavy (non-hydrogen) atoms. The predicted octanol–water partition coefficient (Wildman–Crippen LogP) is 3.24. The number of halogens is 1. The van der Waals surface area contributed by atoms with Crippen molar-refractivity contribution in [2.24, 2.45) is 0 Å². The van der Waals surface area contributed by atoms with Crippen LogP contribution < -0.4 is 4.90 Å². The first-order chi connectivity index (χ1) is 19.6. The number of rotatable bonds is 7. The molecule has 6 rings (SSSR count). The number of benzene rings is 2. The molecule has 3 aliphatic heterocycles. The number of aliphatic hydroxyl groups excluding tert-OH is 1. The molecule has 1 amide bonds. The van der Waals surface area contributed by atoms with Gasteiger partial charge in [-0.25, -0.2) is 8.42 Å². The zero-order chi connectivity index (χ0) is 28.9. The lowest BCUT2D eigenvalue weighted by molar-refractivity contribution is -0.118. The van der Waals surface area contributed by atoms with Crippen molar-refractivity contribution in [3.63, 3.8) is 0 Å². The van der Waals surface area contributed by atoms with Crippen LogP contribution in [0, 0.1) is 6.92 Å². The van der Waals surface area contributed by atoms with E-state index in [-0.39, 0.29) is 18.5 Å². The highest BCUT2D eigenvalue weighted by atomic mass is 35.5. The van der Waals surface area contributed by atoms with Gasteiger partial charge in [-0.1, -0.05) is 35.9 Å². The average molecular weight is 598 g/mol. The molecule has 0 radical (unpaired) electrons. The number of nitrogens with zero attached hydrogens (tertiary/aromatic N) is 5. The quantitative estimate of drug-likeness (QED) is 0.449. The van der Waals surface area contributed by atoms with Gasteiger partial charge in [-0.05, 0) is 49.1 Å². The number of anilines is 1. The molecule has 218 valence electrons. The Morgan fingerprint density at radius 3 is 2.59 bits per heavy atom. The number of carbonyl (C=O) groups excluding carboxylic acids is 1. The molecule has 11 heteroatoms. The minimum atomic E-state index is -3.35. The minimum absolute atomic E-state index is 0.175. The number of aryl methyl sites for hydroxylation is 1. The van der Waals surface area contributed by atoms with Crippen LogP contribution in [0.25, 0.3) is 11.3 Å². The molecule has 9 nitrogen and oxygen atoms in total. The number of hydrogen-bond donors (Lipinski definition) is 1. The number of sulfonamides is 1. The van der Waals surface area contributed by atoms with Crippen LogP contribution in [0.15, 0.2) is 42.5 Å². The number of likely N-dealkylation sites (tertiary alicyclic amines) is 1. The Hall–Kier alpha value is -2.76. The van der Waals surface area contributed by atoms with Gasteiger partial charge in [0.25, 0.3) is 0 Å². The van der Waals surface area contributed by atoms with Gasteiger partial charge in [-0.3, -0.25) is 9.48 Å². The highest BCUT2D eigenvalue weighted by Crippen LogP contribution is 2.34. The van der Waals surface area contributed by atoms with Crippen LogP contribution in [-0.2, 0) is 40.7 Å². The normalized spacial score (nSPS) is 19.4. The van der Waals surface area contributed by atoms with Gasteiger partial charge >= 0.3 is 0 Å². The summed E-state index contributed by atoms with van der Waals surface area (Å²) >= 11 is 6.27. The third-order valence-electron chi connectivity index (χ3n) is 8.64. The molecule has 0 saturated carbocycles. The SMILES string of the molecule is Cc1cc(-c2nn(CC(O)CN3CCC(N4C(=O)Cc5ccccc54)CC3)c3c2CN(S(C)(=O)=O)CC3)ccc1Cl. The van der Waals surface area contributed by atoms with Gasteiger partial charge in [0.05, 0.1) is 31.0 Å². The molecule has 3 aliphatic rings. The van der Waals surface area contributed by atoms with Crippen molar-refractivity contribution in [1.29, 1.82) is 0 Å². The Labute approximate surface area is 246 Å². The van der Waals surface area contributed by atoms with Crippen molar-refractivity contribution in [1.82, 2.24) is 19.0 Å². The molecular weight excluding hydrogens is 562 g/mol. The lowest BCUT2D eigenvalue weighted by Crippen LogP contribution is -2.48. The van der Waals surface area contributed by atoms with Crippen molar-refractivity contribution in [2.75, 3.05) is 37.3 Å². The van der Waals surface area contributed by atoms with Gasteiger partial charge in [0.1, 0.15) is 0 Å². The molecule has 1 fully saturated rings. The van der Waals surface area contributed by atoms with E-state index >= 15 is 0 Å². The fourth-order valence-corrected chi connectivity index (χ4v) is 7.42. The van der Waals surface area contributed by atoms with Crippen LogP contribution in [0.4, 0.5) is 5.69 Å². The van der Waals surface area contributed by atoms with E-state index in [1.807, 2.05) is 59.0 Å². The maximum absolute atomic E-state index is 12.7. The number of hydrogen-bond acceptors (Lipinski definition) is 6. The Morgan fingerprint density at radius 1 is 1.10 bits per heavy atom. The van der Waals surface area contributed by atoms with Crippen molar-refractivity contribution in [2.45, 2.75) is 57.8 Å². The van der Waals surface area contributed by atoms with Gasteiger partial charge < -0.3 is 14.9 Å². The molecule has 1 atom stereocenters. The van der Waals surface area contributed by atoms with Crippen molar-refractivity contribution < 1.29 is 18.3 Å². The summed E-state index contributed by atoms with van der Waals surface area (Å²) in [5, 5.41) is 16.7. The number of carbonyl (C=O) groups is 1. The fourth-order valence-electron chi connectivity index (χ4n) is 6.52. The summed E-state index contributed by atoms with van der Waals surface area (Å²) in [5.41, 5.74) is 6.53. The topological polar surface area (TPSA) is 99.0 Å².